The predicted octanol–water partition coefficient (Wildman–Crippen LogP) is 5.66. The minimum Gasteiger partial charge on any atom is -0.481 e. The molecule has 0 atom stereocenters. The molecule has 0 fully saturated rings. The highest BCUT2D eigenvalue weighted by atomic mass is 16.4. The van der Waals surface area contributed by atoms with Gasteiger partial charge in [-0.25, -0.2) is 0 Å². The number of carboxylic acids is 1. The van der Waals surface area contributed by atoms with Gasteiger partial charge >= 0.3 is 5.97 Å². The van der Waals surface area contributed by atoms with Crippen molar-refractivity contribution in [2.75, 3.05) is 0 Å². The zero-order chi connectivity index (χ0) is 14.9. The molecule has 0 rings (SSSR count). The van der Waals surface area contributed by atoms with E-state index in [9.17, 15) is 4.79 Å². The van der Waals surface area contributed by atoms with Gasteiger partial charge in [-0.15, -0.1) is 0 Å². The number of carboxylic acid groups (broad SMARTS) is 1. The molecule has 0 bridgehead atoms. The average Bonchev–Trinajstić information content (AvgIpc) is 2.43. The van der Waals surface area contributed by atoms with Gasteiger partial charge in [0.05, 0.1) is 0 Å². The minimum absolute atomic E-state index is 0.287. The van der Waals surface area contributed by atoms with E-state index in [1.165, 1.54) is 32.1 Å². The van der Waals surface area contributed by atoms with E-state index < -0.39 is 5.97 Å². The third-order valence-electron chi connectivity index (χ3n) is 3.03. The van der Waals surface area contributed by atoms with Crippen LogP contribution in [0.25, 0.3) is 0 Å². The van der Waals surface area contributed by atoms with Gasteiger partial charge in [-0.3, -0.25) is 4.79 Å². The summed E-state index contributed by atoms with van der Waals surface area (Å²) < 4.78 is 0. The molecule has 0 unspecified atom stereocenters. The lowest BCUT2D eigenvalue weighted by atomic mass is 10.1. The maximum Gasteiger partial charge on any atom is 0.303 e. The monoisotopic (exact) mass is 278 g/mol. The highest BCUT2D eigenvalue weighted by Crippen LogP contribution is 2.02. The van der Waals surface area contributed by atoms with Gasteiger partial charge in [0, 0.05) is 6.42 Å². The molecule has 1 N–H and O–H groups in total. The van der Waals surface area contributed by atoms with E-state index in [0.717, 1.165) is 25.7 Å². The Morgan fingerprint density at radius 2 is 1.35 bits per heavy atom. The van der Waals surface area contributed by atoms with Crippen LogP contribution in [0.4, 0.5) is 0 Å². The summed E-state index contributed by atoms with van der Waals surface area (Å²) in [5.74, 6) is -0.697. The number of hydrogen-bond donors (Lipinski definition) is 1. The molecule has 0 aromatic heterocycles. The third-order valence-corrected chi connectivity index (χ3v) is 3.03. The number of hydrogen-bond acceptors (Lipinski definition) is 1. The Hall–Kier alpha value is -1.31. The van der Waals surface area contributed by atoms with Crippen molar-refractivity contribution in [1.82, 2.24) is 0 Å². The standard InChI is InChI=1S/C18H30O2/c1-2-3-4-5-6-7-8-9-10-11-12-13-14-15-16-17-18(19)20/h5-6,10-13H,2-4,7-9,14-17H2,1H3,(H,19,20). The summed E-state index contributed by atoms with van der Waals surface area (Å²) >= 11 is 0. The van der Waals surface area contributed by atoms with Crippen molar-refractivity contribution in [3.8, 4) is 0 Å². The Bertz CT molecular complexity index is 301. The van der Waals surface area contributed by atoms with E-state index >= 15 is 0 Å². The molecule has 2 heteroatoms. The van der Waals surface area contributed by atoms with E-state index in [1.807, 2.05) is 0 Å². The topological polar surface area (TPSA) is 37.3 Å². The first-order valence-electron chi connectivity index (χ1n) is 7.95. The lowest BCUT2D eigenvalue weighted by Crippen LogP contribution is -1.92. The Labute approximate surface area is 124 Å². The molecule has 2 nitrogen and oxygen atoms in total. The van der Waals surface area contributed by atoms with E-state index in [-0.39, 0.29) is 6.42 Å². The Morgan fingerprint density at radius 3 is 1.95 bits per heavy atom. The fourth-order valence-electron chi connectivity index (χ4n) is 1.80. The molecule has 0 spiro atoms. The van der Waals surface area contributed by atoms with Crippen LogP contribution in [0.1, 0.15) is 71.1 Å². The molecule has 0 heterocycles. The summed E-state index contributed by atoms with van der Waals surface area (Å²) in [6.45, 7) is 2.22. The van der Waals surface area contributed by atoms with Gasteiger partial charge < -0.3 is 5.11 Å². The Morgan fingerprint density at radius 1 is 0.800 bits per heavy atom. The number of rotatable bonds is 13. The van der Waals surface area contributed by atoms with E-state index in [1.54, 1.807) is 0 Å². The van der Waals surface area contributed by atoms with E-state index in [2.05, 4.69) is 43.4 Å². The van der Waals surface area contributed by atoms with Crippen LogP contribution in [0.2, 0.25) is 0 Å². The number of unbranched alkanes of at least 4 members (excludes halogenated alkanes) is 6. The van der Waals surface area contributed by atoms with Crippen molar-refractivity contribution >= 4 is 5.97 Å². The lowest BCUT2D eigenvalue weighted by molar-refractivity contribution is -0.137. The number of aliphatic carboxylic acids is 1. The summed E-state index contributed by atoms with van der Waals surface area (Å²) in [6, 6.07) is 0. The van der Waals surface area contributed by atoms with Gasteiger partial charge in [-0.05, 0) is 44.9 Å². The summed E-state index contributed by atoms with van der Waals surface area (Å²) in [5, 5.41) is 8.48. The molecule has 0 aliphatic rings. The molecular weight excluding hydrogens is 248 g/mol. The van der Waals surface area contributed by atoms with Crippen LogP contribution < -0.4 is 0 Å². The first-order valence-corrected chi connectivity index (χ1v) is 7.95. The fraction of sp³-hybridized carbons (Fsp3) is 0.611. The molecule has 0 radical (unpaired) electrons. The zero-order valence-corrected chi connectivity index (χ0v) is 12.9. The maximum absolute atomic E-state index is 10.3. The van der Waals surface area contributed by atoms with Crippen LogP contribution in [0, 0.1) is 0 Å². The van der Waals surface area contributed by atoms with Gasteiger partial charge in [0.1, 0.15) is 0 Å². The van der Waals surface area contributed by atoms with Crippen LogP contribution in [0.3, 0.4) is 0 Å². The van der Waals surface area contributed by atoms with Crippen LogP contribution in [-0.2, 0) is 4.79 Å². The molecule has 0 aliphatic heterocycles. The van der Waals surface area contributed by atoms with E-state index in [0.29, 0.717) is 0 Å². The van der Waals surface area contributed by atoms with Gasteiger partial charge in [0.2, 0.25) is 0 Å². The second-order valence-corrected chi connectivity index (χ2v) is 5.04. The normalized spacial score (nSPS) is 12.1. The summed E-state index contributed by atoms with van der Waals surface area (Å²) in [4.78, 5) is 10.3. The smallest absolute Gasteiger partial charge is 0.303 e. The second kappa shape index (κ2) is 15.7. The molecular formula is C18H30O2. The third kappa shape index (κ3) is 16.7. The summed E-state index contributed by atoms with van der Waals surface area (Å²) in [6.07, 6.45) is 23.4. The molecule has 0 saturated carbocycles. The van der Waals surface area contributed by atoms with Crippen molar-refractivity contribution in [2.45, 2.75) is 71.1 Å². The van der Waals surface area contributed by atoms with Crippen molar-refractivity contribution < 1.29 is 9.90 Å². The number of carbonyl (C=O) groups is 1. The largest absolute Gasteiger partial charge is 0.481 e. The van der Waals surface area contributed by atoms with E-state index in [4.69, 9.17) is 5.11 Å². The Balaban J connectivity index is 3.30. The van der Waals surface area contributed by atoms with Gasteiger partial charge in [-0.2, -0.15) is 0 Å². The van der Waals surface area contributed by atoms with Crippen LogP contribution >= 0.6 is 0 Å². The molecule has 114 valence electrons. The molecule has 0 amide bonds. The second-order valence-electron chi connectivity index (χ2n) is 5.04. The van der Waals surface area contributed by atoms with Crippen molar-refractivity contribution in [2.24, 2.45) is 0 Å². The molecule has 20 heavy (non-hydrogen) atoms. The lowest BCUT2D eigenvalue weighted by Gasteiger charge is -1.92. The van der Waals surface area contributed by atoms with Gasteiger partial charge in [0.15, 0.2) is 0 Å². The van der Waals surface area contributed by atoms with Crippen LogP contribution in [0.15, 0.2) is 36.5 Å². The molecule has 0 aromatic rings. The fourth-order valence-corrected chi connectivity index (χ4v) is 1.80. The SMILES string of the molecule is CCCCC=CCCCC=CC=CCCCCC(=O)O. The predicted molar refractivity (Wildman–Crippen MR) is 86.9 cm³/mol. The highest BCUT2D eigenvalue weighted by Gasteiger charge is 1.93. The Kier molecular flexibility index (Phi) is 14.7. The molecule has 0 aliphatic carbocycles. The van der Waals surface area contributed by atoms with Crippen LogP contribution in [-0.4, -0.2) is 11.1 Å². The van der Waals surface area contributed by atoms with Crippen molar-refractivity contribution in [3.05, 3.63) is 36.5 Å². The minimum atomic E-state index is -0.697. The molecule has 0 aromatic carbocycles. The first kappa shape index (κ1) is 18.7. The van der Waals surface area contributed by atoms with Gasteiger partial charge in [0.25, 0.3) is 0 Å². The molecule has 0 saturated heterocycles. The maximum atomic E-state index is 10.3. The highest BCUT2D eigenvalue weighted by molar-refractivity contribution is 5.66. The van der Waals surface area contributed by atoms with Crippen LogP contribution in [0.5, 0.6) is 0 Å². The zero-order valence-electron chi connectivity index (χ0n) is 12.9. The number of allylic oxidation sites excluding steroid dienone is 6. The van der Waals surface area contributed by atoms with Gasteiger partial charge in [-0.1, -0.05) is 56.2 Å². The quantitative estimate of drug-likeness (QED) is 0.268. The first-order chi connectivity index (χ1) is 9.77. The van der Waals surface area contributed by atoms with Crippen molar-refractivity contribution in [3.63, 3.8) is 0 Å². The summed E-state index contributed by atoms with van der Waals surface area (Å²) in [5.41, 5.74) is 0. The van der Waals surface area contributed by atoms with Crippen molar-refractivity contribution in [1.29, 1.82) is 0 Å². The average molecular weight is 278 g/mol. The summed E-state index contributed by atoms with van der Waals surface area (Å²) in [7, 11) is 0.